The molecule has 0 spiro atoms. The number of nitrogens with one attached hydrogen (secondary N) is 2. The van der Waals surface area contributed by atoms with E-state index < -0.39 is 0 Å². The van der Waals surface area contributed by atoms with Gasteiger partial charge in [0.2, 0.25) is 0 Å². The molecule has 2 N–H and O–H groups in total. The SMILES string of the molecule is CN[C@H]1CCN(c2cnnc(NC3C4CC5CC(C4)CC3C5)c2)C1.Cl.Cl. The Labute approximate surface area is 168 Å². The van der Waals surface area contributed by atoms with Crippen LogP contribution in [0, 0.1) is 23.7 Å². The number of anilines is 2. The Bertz CT molecular complexity index is 585. The fourth-order valence-electron chi connectivity index (χ4n) is 6.16. The molecular formula is C19H31Cl2N5. The maximum atomic E-state index is 4.40. The number of halogens is 2. The van der Waals surface area contributed by atoms with Crippen LogP contribution in [-0.4, -0.2) is 42.4 Å². The molecule has 1 aromatic rings. The Kier molecular flexibility index (Phi) is 6.20. The van der Waals surface area contributed by atoms with Crippen molar-refractivity contribution in [1.29, 1.82) is 0 Å². The second-order valence-electron chi connectivity index (χ2n) is 8.62. The average molecular weight is 400 g/mol. The average Bonchev–Trinajstić information content (AvgIpc) is 3.07. The van der Waals surface area contributed by atoms with Crippen molar-refractivity contribution in [3.63, 3.8) is 0 Å². The molecule has 4 bridgehead atoms. The molecular weight excluding hydrogens is 369 g/mol. The second-order valence-corrected chi connectivity index (χ2v) is 8.62. The van der Waals surface area contributed by atoms with Crippen LogP contribution in [0.2, 0.25) is 0 Å². The fraction of sp³-hybridized carbons (Fsp3) is 0.789. The summed E-state index contributed by atoms with van der Waals surface area (Å²) in [5.74, 6) is 4.76. The van der Waals surface area contributed by atoms with Gasteiger partial charge in [-0.1, -0.05) is 0 Å². The summed E-state index contributed by atoms with van der Waals surface area (Å²) in [7, 11) is 2.05. The molecule has 1 aliphatic heterocycles. The highest BCUT2D eigenvalue weighted by Crippen LogP contribution is 2.54. The van der Waals surface area contributed by atoms with Crippen LogP contribution in [0.4, 0.5) is 11.5 Å². The first kappa shape index (κ1) is 20.0. The van der Waals surface area contributed by atoms with Gasteiger partial charge in [-0.25, -0.2) is 0 Å². The summed E-state index contributed by atoms with van der Waals surface area (Å²) >= 11 is 0. The summed E-state index contributed by atoms with van der Waals surface area (Å²) in [6, 6.07) is 3.45. The van der Waals surface area contributed by atoms with Gasteiger partial charge in [-0.15, -0.1) is 29.9 Å². The second kappa shape index (κ2) is 8.07. The van der Waals surface area contributed by atoms with Crippen molar-refractivity contribution in [2.75, 3.05) is 30.4 Å². The van der Waals surface area contributed by atoms with Gasteiger partial charge < -0.3 is 15.5 Å². The molecule has 5 fully saturated rings. The first-order valence-electron chi connectivity index (χ1n) is 9.80. The van der Waals surface area contributed by atoms with Crippen molar-refractivity contribution in [2.24, 2.45) is 23.7 Å². The number of nitrogens with zero attached hydrogens (tertiary/aromatic N) is 3. The van der Waals surface area contributed by atoms with Crippen LogP contribution in [0.5, 0.6) is 0 Å². The summed E-state index contributed by atoms with van der Waals surface area (Å²) in [6.07, 6.45) is 10.4. The van der Waals surface area contributed by atoms with Crippen LogP contribution in [-0.2, 0) is 0 Å². The van der Waals surface area contributed by atoms with Crippen LogP contribution >= 0.6 is 24.8 Å². The predicted molar refractivity (Wildman–Crippen MR) is 111 cm³/mol. The zero-order valence-electron chi connectivity index (χ0n) is 15.4. The van der Waals surface area contributed by atoms with Crippen molar-refractivity contribution in [3.05, 3.63) is 12.3 Å². The van der Waals surface area contributed by atoms with E-state index >= 15 is 0 Å². The lowest BCUT2D eigenvalue weighted by molar-refractivity contribution is 0.00739. The molecule has 1 saturated heterocycles. The maximum absolute atomic E-state index is 4.40. The summed E-state index contributed by atoms with van der Waals surface area (Å²) in [5, 5.41) is 15.9. The Morgan fingerprint density at radius 1 is 1.04 bits per heavy atom. The van der Waals surface area contributed by atoms with Gasteiger partial charge in [0, 0.05) is 31.2 Å². The summed E-state index contributed by atoms with van der Waals surface area (Å²) in [5.41, 5.74) is 1.22. The summed E-state index contributed by atoms with van der Waals surface area (Å²) in [4.78, 5) is 2.43. The highest BCUT2D eigenvalue weighted by molar-refractivity contribution is 5.85. The van der Waals surface area contributed by atoms with E-state index in [0.717, 1.165) is 42.6 Å². The van der Waals surface area contributed by atoms with E-state index in [1.807, 2.05) is 6.20 Å². The summed E-state index contributed by atoms with van der Waals surface area (Å²) < 4.78 is 0. The molecule has 1 aromatic heterocycles. The van der Waals surface area contributed by atoms with E-state index in [2.05, 4.69) is 38.8 Å². The summed E-state index contributed by atoms with van der Waals surface area (Å²) in [6.45, 7) is 2.17. The molecule has 146 valence electrons. The van der Waals surface area contributed by atoms with E-state index in [0.29, 0.717) is 12.1 Å². The molecule has 4 aliphatic carbocycles. The third kappa shape index (κ3) is 3.63. The highest BCUT2D eigenvalue weighted by Gasteiger charge is 2.48. The van der Waals surface area contributed by atoms with Crippen molar-refractivity contribution in [2.45, 2.75) is 50.6 Å². The van der Waals surface area contributed by atoms with E-state index in [1.54, 1.807) is 0 Å². The third-order valence-corrected chi connectivity index (χ3v) is 7.14. The molecule has 2 heterocycles. The topological polar surface area (TPSA) is 53.1 Å². The smallest absolute Gasteiger partial charge is 0.150 e. The van der Waals surface area contributed by atoms with Crippen molar-refractivity contribution in [3.8, 4) is 0 Å². The number of aromatic nitrogens is 2. The van der Waals surface area contributed by atoms with Gasteiger partial charge in [-0.05, 0) is 69.2 Å². The lowest BCUT2D eigenvalue weighted by Crippen LogP contribution is -2.51. The van der Waals surface area contributed by atoms with Gasteiger partial charge in [0.25, 0.3) is 0 Å². The minimum Gasteiger partial charge on any atom is -0.369 e. The lowest BCUT2D eigenvalue weighted by atomic mass is 9.54. The van der Waals surface area contributed by atoms with Crippen molar-refractivity contribution >= 4 is 36.3 Å². The monoisotopic (exact) mass is 399 g/mol. The molecule has 4 saturated carbocycles. The van der Waals surface area contributed by atoms with Crippen molar-refractivity contribution < 1.29 is 0 Å². The first-order valence-corrected chi connectivity index (χ1v) is 9.80. The molecule has 6 rings (SSSR count). The van der Waals surface area contributed by atoms with E-state index in [9.17, 15) is 0 Å². The Balaban J connectivity index is 0.000000980. The van der Waals surface area contributed by atoms with Crippen LogP contribution in [0.15, 0.2) is 12.3 Å². The first-order chi connectivity index (χ1) is 11.8. The van der Waals surface area contributed by atoms with E-state index in [4.69, 9.17) is 0 Å². The Morgan fingerprint density at radius 2 is 1.73 bits per heavy atom. The largest absolute Gasteiger partial charge is 0.369 e. The van der Waals surface area contributed by atoms with E-state index in [1.165, 1.54) is 44.2 Å². The quantitative estimate of drug-likeness (QED) is 0.812. The van der Waals surface area contributed by atoms with Gasteiger partial charge >= 0.3 is 0 Å². The highest BCUT2D eigenvalue weighted by atomic mass is 35.5. The number of hydrogen-bond donors (Lipinski definition) is 2. The minimum atomic E-state index is 0. The van der Waals surface area contributed by atoms with Gasteiger partial charge in [-0.3, -0.25) is 0 Å². The van der Waals surface area contributed by atoms with Crippen LogP contribution in [0.25, 0.3) is 0 Å². The zero-order valence-corrected chi connectivity index (χ0v) is 17.1. The number of rotatable bonds is 4. The Morgan fingerprint density at radius 3 is 2.35 bits per heavy atom. The maximum Gasteiger partial charge on any atom is 0.150 e. The van der Waals surface area contributed by atoms with Crippen LogP contribution < -0.4 is 15.5 Å². The van der Waals surface area contributed by atoms with Gasteiger partial charge in [-0.2, -0.15) is 5.10 Å². The number of hydrogen-bond acceptors (Lipinski definition) is 5. The van der Waals surface area contributed by atoms with Gasteiger partial charge in [0.1, 0.15) is 0 Å². The van der Waals surface area contributed by atoms with E-state index in [-0.39, 0.29) is 24.8 Å². The van der Waals surface area contributed by atoms with Crippen LogP contribution in [0.3, 0.4) is 0 Å². The molecule has 0 aromatic carbocycles. The molecule has 5 nitrogen and oxygen atoms in total. The Hall–Kier alpha value is -0.780. The predicted octanol–water partition coefficient (Wildman–Crippen LogP) is 3.35. The van der Waals surface area contributed by atoms with Crippen LogP contribution in [0.1, 0.15) is 38.5 Å². The molecule has 1 atom stereocenters. The molecule has 0 unspecified atom stereocenters. The standard InChI is InChI=1S/C19H29N5.2ClH/c1-20-16-2-3-24(11-16)17-9-18(23-21-10-17)22-19-14-5-12-4-13(7-14)8-15(19)6-12;;/h9-10,12-16,19-20H,2-8,11H2,1H3,(H,22,23);2*1H/t12?,13?,14?,15?,16-,19?;;/m0../s1. The minimum absolute atomic E-state index is 0. The molecule has 5 aliphatic rings. The van der Waals surface area contributed by atoms with Gasteiger partial charge in [0.05, 0.1) is 11.9 Å². The molecule has 26 heavy (non-hydrogen) atoms. The lowest BCUT2D eigenvalue weighted by Gasteiger charge is -2.54. The third-order valence-electron chi connectivity index (χ3n) is 7.14. The van der Waals surface area contributed by atoms with Crippen molar-refractivity contribution in [1.82, 2.24) is 15.5 Å². The zero-order chi connectivity index (χ0) is 16.1. The molecule has 7 heteroatoms. The fourth-order valence-corrected chi connectivity index (χ4v) is 6.16. The molecule has 0 amide bonds. The number of likely N-dealkylation sites (N-methyl/N-ethyl adjacent to an activating group) is 1. The normalized spacial score (nSPS) is 37.2. The van der Waals surface area contributed by atoms with Gasteiger partial charge in [0.15, 0.2) is 5.82 Å². The molecule has 0 radical (unpaired) electrons.